The number of aromatic nitrogens is 3. The highest BCUT2D eigenvalue weighted by molar-refractivity contribution is 8.00. The van der Waals surface area contributed by atoms with Crippen LogP contribution in [0.15, 0.2) is 47.8 Å². The molecule has 0 atom stereocenters. The molecule has 9 heteroatoms. The lowest BCUT2D eigenvalue weighted by molar-refractivity contribution is -0.129. The molecule has 7 nitrogen and oxygen atoms in total. The lowest BCUT2D eigenvalue weighted by Gasteiger charge is -2.35. The predicted molar refractivity (Wildman–Crippen MR) is 137 cm³/mol. The Labute approximate surface area is 209 Å². The standard InChI is InChI=1S/C26H27FN6OS/c1-4-24-23(26(30-17-29-24)33-13-11-32(12-14-33)19(3)34)10-5-20-15-25(18(2)28-16-20)31-35-22-8-6-21(27)7-9-22/h6-9,15-17,31H,4,11-14H2,1-3H3. The summed E-state index contributed by atoms with van der Waals surface area (Å²) in [7, 11) is 0. The van der Waals surface area contributed by atoms with E-state index in [1.807, 2.05) is 24.8 Å². The highest BCUT2D eigenvalue weighted by Gasteiger charge is 2.22. The van der Waals surface area contributed by atoms with Crippen LogP contribution >= 0.6 is 11.9 Å². The van der Waals surface area contributed by atoms with E-state index in [-0.39, 0.29) is 11.7 Å². The van der Waals surface area contributed by atoms with Crippen LogP contribution in [0.1, 0.15) is 36.4 Å². The lowest BCUT2D eigenvalue weighted by Crippen LogP contribution is -2.48. The minimum absolute atomic E-state index is 0.0930. The Morgan fingerprint density at radius 3 is 2.54 bits per heavy atom. The van der Waals surface area contributed by atoms with E-state index >= 15 is 0 Å². The van der Waals surface area contributed by atoms with Crippen molar-refractivity contribution >= 4 is 29.4 Å². The van der Waals surface area contributed by atoms with Gasteiger partial charge in [0.15, 0.2) is 0 Å². The van der Waals surface area contributed by atoms with Crippen LogP contribution in [0.4, 0.5) is 15.9 Å². The highest BCUT2D eigenvalue weighted by atomic mass is 32.2. The first-order valence-corrected chi connectivity index (χ1v) is 12.3. The molecule has 1 fully saturated rings. The molecule has 0 radical (unpaired) electrons. The number of amides is 1. The van der Waals surface area contributed by atoms with Gasteiger partial charge in [-0.05, 0) is 55.6 Å². The van der Waals surface area contributed by atoms with E-state index in [2.05, 4.69) is 36.4 Å². The van der Waals surface area contributed by atoms with Crippen LogP contribution in [0.3, 0.4) is 0 Å². The Hall–Kier alpha value is -3.64. The second-order valence-electron chi connectivity index (χ2n) is 8.13. The second-order valence-corrected chi connectivity index (χ2v) is 9.01. The summed E-state index contributed by atoms with van der Waals surface area (Å²) in [4.78, 5) is 30.1. The average Bonchev–Trinajstić information content (AvgIpc) is 2.88. The maximum Gasteiger partial charge on any atom is 0.219 e. The SMILES string of the molecule is CCc1ncnc(N2CCN(C(C)=O)CC2)c1C#Cc1cnc(C)c(NSc2ccc(F)cc2)c1. The quantitative estimate of drug-likeness (QED) is 0.427. The third-order valence-electron chi connectivity index (χ3n) is 5.78. The van der Waals surface area contributed by atoms with Crippen LogP contribution in [-0.2, 0) is 11.2 Å². The van der Waals surface area contributed by atoms with Gasteiger partial charge in [0.1, 0.15) is 18.0 Å². The van der Waals surface area contributed by atoms with Gasteiger partial charge in [0.05, 0.1) is 22.6 Å². The molecule has 4 rings (SSSR count). The maximum atomic E-state index is 13.2. The van der Waals surface area contributed by atoms with Crippen LogP contribution in [0, 0.1) is 24.6 Å². The first-order chi connectivity index (χ1) is 16.9. The number of carbonyl (C=O) groups is 1. The molecule has 35 heavy (non-hydrogen) atoms. The number of nitrogens with one attached hydrogen (secondary N) is 1. The zero-order valence-corrected chi connectivity index (χ0v) is 20.8. The number of pyridine rings is 1. The summed E-state index contributed by atoms with van der Waals surface area (Å²) in [5, 5.41) is 0. The smallest absolute Gasteiger partial charge is 0.219 e. The fourth-order valence-electron chi connectivity index (χ4n) is 3.74. The number of piperazine rings is 1. The van der Waals surface area contributed by atoms with E-state index in [1.54, 1.807) is 31.6 Å². The number of nitrogens with zero attached hydrogens (tertiary/aromatic N) is 5. The largest absolute Gasteiger partial charge is 0.352 e. The third-order valence-corrected chi connectivity index (χ3v) is 6.61. The van der Waals surface area contributed by atoms with E-state index in [0.717, 1.165) is 45.3 Å². The van der Waals surface area contributed by atoms with Crippen molar-refractivity contribution < 1.29 is 9.18 Å². The fourth-order valence-corrected chi connectivity index (χ4v) is 4.44. The van der Waals surface area contributed by atoms with Crippen molar-refractivity contribution in [2.45, 2.75) is 32.1 Å². The molecule has 0 unspecified atom stereocenters. The van der Waals surface area contributed by atoms with Crippen molar-refractivity contribution in [3.8, 4) is 11.8 Å². The average molecular weight is 491 g/mol. The van der Waals surface area contributed by atoms with Gasteiger partial charge in [-0.15, -0.1) is 0 Å². The summed E-state index contributed by atoms with van der Waals surface area (Å²) in [6.07, 6.45) is 4.07. The third kappa shape index (κ3) is 6.08. The first kappa shape index (κ1) is 24.5. The molecule has 1 aromatic carbocycles. The Morgan fingerprint density at radius 2 is 1.86 bits per heavy atom. The van der Waals surface area contributed by atoms with Crippen molar-refractivity contribution in [1.29, 1.82) is 0 Å². The van der Waals surface area contributed by atoms with Crippen LogP contribution < -0.4 is 9.62 Å². The molecule has 0 saturated carbocycles. The zero-order chi connectivity index (χ0) is 24.8. The van der Waals surface area contributed by atoms with E-state index in [1.165, 1.54) is 24.1 Å². The van der Waals surface area contributed by atoms with Gasteiger partial charge in [-0.3, -0.25) is 9.78 Å². The molecule has 1 saturated heterocycles. The van der Waals surface area contributed by atoms with Gasteiger partial charge in [0, 0.05) is 49.8 Å². The number of carbonyl (C=O) groups excluding carboxylic acids is 1. The summed E-state index contributed by atoms with van der Waals surface area (Å²) in [5.41, 5.74) is 4.14. The molecule has 1 N–H and O–H groups in total. The van der Waals surface area contributed by atoms with Gasteiger partial charge in [-0.1, -0.05) is 18.8 Å². The molecule has 1 amide bonds. The van der Waals surface area contributed by atoms with Crippen LogP contribution in [-0.4, -0.2) is 51.9 Å². The van der Waals surface area contributed by atoms with E-state index < -0.39 is 0 Å². The summed E-state index contributed by atoms with van der Waals surface area (Å²) >= 11 is 1.39. The van der Waals surface area contributed by atoms with Crippen LogP contribution in [0.2, 0.25) is 0 Å². The molecule has 1 aliphatic rings. The number of benzene rings is 1. The van der Waals surface area contributed by atoms with Crippen LogP contribution in [0.25, 0.3) is 0 Å². The number of rotatable bonds is 5. The van der Waals surface area contributed by atoms with Crippen molar-refractivity contribution in [1.82, 2.24) is 19.9 Å². The van der Waals surface area contributed by atoms with Gasteiger partial charge < -0.3 is 14.5 Å². The maximum absolute atomic E-state index is 13.2. The minimum Gasteiger partial charge on any atom is -0.352 e. The molecule has 1 aliphatic heterocycles. The van der Waals surface area contributed by atoms with E-state index in [4.69, 9.17) is 0 Å². The molecular weight excluding hydrogens is 463 g/mol. The van der Waals surface area contributed by atoms with Crippen molar-refractivity contribution in [3.05, 3.63) is 71.2 Å². The fraction of sp³-hybridized carbons (Fsp3) is 0.308. The Morgan fingerprint density at radius 1 is 1.11 bits per heavy atom. The Kier molecular flexibility index (Phi) is 7.83. The topological polar surface area (TPSA) is 74.2 Å². The normalized spacial score (nSPS) is 13.3. The first-order valence-electron chi connectivity index (χ1n) is 11.5. The summed E-state index contributed by atoms with van der Waals surface area (Å²) in [6, 6.07) is 8.26. The van der Waals surface area contributed by atoms with E-state index in [0.29, 0.717) is 26.2 Å². The minimum atomic E-state index is -0.263. The van der Waals surface area contributed by atoms with E-state index in [9.17, 15) is 9.18 Å². The van der Waals surface area contributed by atoms with Crippen LogP contribution in [0.5, 0.6) is 0 Å². The van der Waals surface area contributed by atoms with Gasteiger partial charge >= 0.3 is 0 Å². The van der Waals surface area contributed by atoms with Crippen molar-refractivity contribution in [3.63, 3.8) is 0 Å². The number of anilines is 2. The molecular formula is C26H27FN6OS. The number of aryl methyl sites for hydroxylation is 2. The molecule has 3 aromatic rings. The molecule has 0 aliphatic carbocycles. The zero-order valence-electron chi connectivity index (χ0n) is 20.0. The Balaban J connectivity index is 1.56. The second kappa shape index (κ2) is 11.2. The summed E-state index contributed by atoms with van der Waals surface area (Å²) in [5.74, 6) is 7.16. The molecule has 3 heterocycles. The van der Waals surface area contributed by atoms with Crippen molar-refractivity contribution in [2.24, 2.45) is 0 Å². The summed E-state index contributed by atoms with van der Waals surface area (Å²) in [6.45, 7) is 8.30. The highest BCUT2D eigenvalue weighted by Crippen LogP contribution is 2.24. The summed E-state index contributed by atoms with van der Waals surface area (Å²) < 4.78 is 16.4. The number of halogens is 1. The monoisotopic (exact) mass is 490 g/mol. The lowest BCUT2D eigenvalue weighted by atomic mass is 10.1. The molecule has 0 spiro atoms. The van der Waals surface area contributed by atoms with Crippen molar-refractivity contribution in [2.75, 3.05) is 35.8 Å². The molecule has 2 aromatic heterocycles. The van der Waals surface area contributed by atoms with Gasteiger partial charge in [0.2, 0.25) is 5.91 Å². The Bertz CT molecular complexity index is 1260. The molecule has 0 bridgehead atoms. The number of hydrogen-bond acceptors (Lipinski definition) is 7. The van der Waals surface area contributed by atoms with Gasteiger partial charge in [0.25, 0.3) is 0 Å². The van der Waals surface area contributed by atoms with Gasteiger partial charge in [-0.25, -0.2) is 14.4 Å². The van der Waals surface area contributed by atoms with Gasteiger partial charge in [-0.2, -0.15) is 0 Å². The number of hydrogen-bond donors (Lipinski definition) is 1. The molecule has 180 valence electrons. The predicted octanol–water partition coefficient (Wildman–Crippen LogP) is 4.07.